The van der Waals surface area contributed by atoms with E-state index < -0.39 is 0 Å². The Hall–Kier alpha value is -3.07. The van der Waals surface area contributed by atoms with Crippen LogP contribution in [-0.4, -0.2) is 79.2 Å². The average Bonchev–Trinajstić information content (AvgIpc) is 3.48. The Morgan fingerprint density at radius 1 is 1.13 bits per heavy atom. The maximum absolute atomic E-state index is 12.9. The van der Waals surface area contributed by atoms with Gasteiger partial charge in [0.05, 0.1) is 24.7 Å². The Morgan fingerprint density at radius 2 is 1.89 bits per heavy atom. The van der Waals surface area contributed by atoms with Crippen LogP contribution in [0.3, 0.4) is 0 Å². The van der Waals surface area contributed by atoms with Crippen molar-refractivity contribution in [3.8, 4) is 5.75 Å². The van der Waals surface area contributed by atoms with E-state index in [0.717, 1.165) is 62.6 Å². The lowest BCUT2D eigenvalue weighted by Crippen LogP contribution is -2.53. The topological polar surface area (TPSA) is 85.9 Å². The first-order chi connectivity index (χ1) is 18.5. The molecule has 2 fully saturated rings. The third-order valence-electron chi connectivity index (χ3n) is 8.49. The average molecular weight is 522 g/mol. The summed E-state index contributed by atoms with van der Waals surface area (Å²) in [5, 5.41) is 6.56. The number of hydrogen-bond donors (Lipinski definition) is 2. The lowest BCUT2D eigenvalue weighted by Gasteiger charge is -2.46. The number of carbonyl (C=O) groups is 1. The molecule has 0 spiro atoms. The summed E-state index contributed by atoms with van der Waals surface area (Å²) in [4.78, 5) is 30.0. The molecule has 1 saturated carbocycles. The molecule has 1 saturated heterocycles. The lowest BCUT2D eigenvalue weighted by molar-refractivity contribution is 0.0916. The van der Waals surface area contributed by atoms with E-state index in [1.807, 2.05) is 18.3 Å². The number of likely N-dealkylation sites (N-methyl/N-ethyl adjacent to an activating group) is 1. The van der Waals surface area contributed by atoms with Gasteiger partial charge in [-0.05, 0) is 77.4 Å². The molecule has 1 aliphatic carbocycles. The van der Waals surface area contributed by atoms with Crippen LogP contribution in [0.5, 0.6) is 5.75 Å². The molecule has 0 radical (unpaired) electrons. The predicted octanol–water partition coefficient (Wildman–Crippen LogP) is 4.42. The Kier molecular flexibility index (Phi) is 8.21. The van der Waals surface area contributed by atoms with E-state index in [0.29, 0.717) is 29.3 Å². The van der Waals surface area contributed by atoms with Crippen molar-refractivity contribution < 1.29 is 9.53 Å². The van der Waals surface area contributed by atoms with Crippen LogP contribution in [0.1, 0.15) is 69.2 Å². The molecular formula is C29H43N7O2. The quantitative estimate of drug-likeness (QED) is 0.528. The van der Waals surface area contributed by atoms with Gasteiger partial charge in [-0.25, -0.2) is 4.98 Å². The number of likely N-dealkylation sites (tertiary alicyclic amines) is 1. The number of aromatic nitrogens is 2. The molecular weight excluding hydrogens is 478 g/mol. The molecule has 2 aliphatic heterocycles. The van der Waals surface area contributed by atoms with Crippen molar-refractivity contribution in [2.45, 2.75) is 76.9 Å². The fourth-order valence-electron chi connectivity index (χ4n) is 6.21. The zero-order chi connectivity index (χ0) is 26.6. The third kappa shape index (κ3) is 5.53. The van der Waals surface area contributed by atoms with Crippen molar-refractivity contribution in [3.63, 3.8) is 0 Å². The molecule has 38 heavy (non-hydrogen) atoms. The van der Waals surface area contributed by atoms with Crippen LogP contribution in [0.2, 0.25) is 0 Å². The summed E-state index contributed by atoms with van der Waals surface area (Å²) in [6.45, 7) is 8.44. The van der Waals surface area contributed by atoms with E-state index in [4.69, 9.17) is 9.72 Å². The molecule has 2 N–H and O–H groups in total. The summed E-state index contributed by atoms with van der Waals surface area (Å²) in [7, 11) is 3.74. The van der Waals surface area contributed by atoms with Crippen molar-refractivity contribution in [2.24, 2.45) is 0 Å². The first kappa shape index (κ1) is 26.5. The second kappa shape index (κ2) is 11.8. The van der Waals surface area contributed by atoms with Gasteiger partial charge in [-0.2, -0.15) is 4.98 Å². The van der Waals surface area contributed by atoms with Gasteiger partial charge in [-0.15, -0.1) is 0 Å². The van der Waals surface area contributed by atoms with E-state index in [2.05, 4.69) is 51.2 Å². The number of ether oxygens (including phenoxy) is 1. The summed E-state index contributed by atoms with van der Waals surface area (Å²) < 4.78 is 5.67. The number of benzene rings is 1. The second-order valence-corrected chi connectivity index (χ2v) is 10.9. The molecule has 1 amide bonds. The van der Waals surface area contributed by atoms with Gasteiger partial charge in [0, 0.05) is 36.8 Å². The van der Waals surface area contributed by atoms with E-state index in [1.165, 1.54) is 25.7 Å². The van der Waals surface area contributed by atoms with Crippen molar-refractivity contribution in [1.82, 2.24) is 20.2 Å². The Morgan fingerprint density at radius 3 is 2.58 bits per heavy atom. The summed E-state index contributed by atoms with van der Waals surface area (Å²) >= 11 is 0. The summed E-state index contributed by atoms with van der Waals surface area (Å²) in [6, 6.07) is 6.71. The van der Waals surface area contributed by atoms with Gasteiger partial charge in [-0.3, -0.25) is 4.79 Å². The van der Waals surface area contributed by atoms with Gasteiger partial charge in [0.25, 0.3) is 5.91 Å². The van der Waals surface area contributed by atoms with Crippen LogP contribution in [0, 0.1) is 0 Å². The SMILES string of the molecule is CC[C@@H]1CN(CC)c2cnc(Nc3ccc(C(=O)NC4CCN(C)CC4)cc3OC)nc2N1C1CCCC1. The molecule has 1 atom stereocenters. The molecule has 1 aromatic carbocycles. The Labute approximate surface area is 226 Å². The maximum Gasteiger partial charge on any atom is 0.251 e. The van der Waals surface area contributed by atoms with Crippen LogP contribution >= 0.6 is 0 Å². The fraction of sp³-hybridized carbons (Fsp3) is 0.621. The van der Waals surface area contributed by atoms with Crippen molar-refractivity contribution in [1.29, 1.82) is 0 Å². The fourth-order valence-corrected chi connectivity index (χ4v) is 6.21. The van der Waals surface area contributed by atoms with E-state index in [1.54, 1.807) is 13.2 Å². The molecule has 2 aromatic rings. The third-order valence-corrected chi connectivity index (χ3v) is 8.49. The number of anilines is 4. The normalized spacial score (nSPS) is 20.9. The molecule has 0 bridgehead atoms. The highest BCUT2D eigenvalue weighted by molar-refractivity contribution is 5.95. The number of carbonyl (C=O) groups excluding carboxylic acids is 1. The molecule has 206 valence electrons. The van der Waals surface area contributed by atoms with Crippen LogP contribution in [0.25, 0.3) is 0 Å². The Balaban J connectivity index is 1.37. The molecule has 9 nitrogen and oxygen atoms in total. The van der Waals surface area contributed by atoms with Crippen LogP contribution in [0.15, 0.2) is 24.4 Å². The van der Waals surface area contributed by atoms with Crippen LogP contribution in [0.4, 0.5) is 23.1 Å². The predicted molar refractivity (Wildman–Crippen MR) is 153 cm³/mol. The second-order valence-electron chi connectivity index (χ2n) is 10.9. The molecule has 1 aromatic heterocycles. The number of amides is 1. The lowest BCUT2D eigenvalue weighted by atomic mass is 10.0. The van der Waals surface area contributed by atoms with Gasteiger partial charge in [0.1, 0.15) is 5.75 Å². The van der Waals surface area contributed by atoms with Crippen molar-refractivity contribution >= 4 is 29.0 Å². The number of fused-ring (bicyclic) bond motifs is 1. The summed E-state index contributed by atoms with van der Waals surface area (Å²) in [5.41, 5.74) is 2.45. The van der Waals surface area contributed by atoms with Gasteiger partial charge < -0.3 is 30.1 Å². The Bertz CT molecular complexity index is 1110. The molecule has 3 heterocycles. The van der Waals surface area contributed by atoms with Gasteiger partial charge >= 0.3 is 0 Å². The van der Waals surface area contributed by atoms with Crippen LogP contribution in [-0.2, 0) is 0 Å². The van der Waals surface area contributed by atoms with Gasteiger partial charge in [0.2, 0.25) is 5.95 Å². The number of piperidine rings is 1. The summed E-state index contributed by atoms with van der Waals surface area (Å²) in [5.74, 6) is 2.10. The van der Waals surface area contributed by atoms with E-state index in [9.17, 15) is 4.79 Å². The standard InChI is InChI=1S/C29H43N7O2/c1-5-22-19-35(6-2)25-18-30-29(33-27(25)36(22)23-9-7-8-10-23)32-24-12-11-20(17-26(24)38-4)28(37)31-21-13-15-34(3)16-14-21/h11-12,17-18,21-23H,5-10,13-16,19H2,1-4H3,(H,31,37)(H,30,32,33)/t22-/m1/s1. The molecule has 9 heteroatoms. The number of methoxy groups -OCH3 is 1. The number of rotatable bonds is 8. The number of nitrogens with zero attached hydrogens (tertiary/aromatic N) is 5. The highest BCUT2D eigenvalue weighted by Gasteiger charge is 2.36. The zero-order valence-corrected chi connectivity index (χ0v) is 23.4. The minimum Gasteiger partial charge on any atom is -0.495 e. The maximum atomic E-state index is 12.9. The van der Waals surface area contributed by atoms with Crippen molar-refractivity contribution in [3.05, 3.63) is 30.0 Å². The van der Waals surface area contributed by atoms with Gasteiger partial charge in [-0.1, -0.05) is 19.8 Å². The zero-order valence-electron chi connectivity index (χ0n) is 23.4. The smallest absolute Gasteiger partial charge is 0.251 e. The largest absolute Gasteiger partial charge is 0.495 e. The highest BCUT2D eigenvalue weighted by atomic mass is 16.5. The minimum atomic E-state index is -0.0631. The van der Waals surface area contributed by atoms with E-state index >= 15 is 0 Å². The van der Waals surface area contributed by atoms with Gasteiger partial charge in [0.15, 0.2) is 5.82 Å². The monoisotopic (exact) mass is 521 g/mol. The van der Waals surface area contributed by atoms with Crippen LogP contribution < -0.4 is 25.2 Å². The molecule has 0 unspecified atom stereocenters. The van der Waals surface area contributed by atoms with Crippen molar-refractivity contribution in [2.75, 3.05) is 55.5 Å². The molecule has 3 aliphatic rings. The number of hydrogen-bond acceptors (Lipinski definition) is 8. The minimum absolute atomic E-state index is 0.0631. The first-order valence-electron chi connectivity index (χ1n) is 14.4. The molecule has 5 rings (SSSR count). The summed E-state index contributed by atoms with van der Waals surface area (Å²) in [6.07, 6.45) is 10.0. The first-order valence-corrected chi connectivity index (χ1v) is 14.4. The van der Waals surface area contributed by atoms with E-state index in [-0.39, 0.29) is 11.9 Å². The highest BCUT2D eigenvalue weighted by Crippen LogP contribution is 2.40. The number of nitrogens with one attached hydrogen (secondary N) is 2.